The molecule has 1 aromatic rings. The molecule has 0 unspecified atom stereocenters. The number of benzene rings is 1. The van der Waals surface area contributed by atoms with Gasteiger partial charge in [0.25, 0.3) is 0 Å². The van der Waals surface area contributed by atoms with Crippen molar-refractivity contribution in [3.63, 3.8) is 0 Å². The Morgan fingerprint density at radius 3 is 2.38 bits per heavy atom. The Kier molecular flexibility index (Phi) is 4.08. The Hall–Kier alpha value is -1.84. The Bertz CT molecular complexity index is 538. The molecule has 2 atom stereocenters. The molecule has 4 heteroatoms. The average Bonchev–Trinajstić information content (AvgIpc) is 2.69. The highest BCUT2D eigenvalue weighted by Crippen LogP contribution is 2.56. The average molecular weight is 289 g/mol. The lowest BCUT2D eigenvalue weighted by Gasteiger charge is -2.39. The molecule has 0 bridgehead atoms. The van der Waals surface area contributed by atoms with Crippen LogP contribution in [0.3, 0.4) is 0 Å². The van der Waals surface area contributed by atoms with Crippen LogP contribution in [0.2, 0.25) is 0 Å². The standard InChI is InChI=1S/C17H23NO3/c1-16(2)13(14(19)20)9-10-17(16,3)15(21)18-11-12-7-5-4-6-8-12/h4-8,13H,9-11H2,1-3H3,(H,18,21)(H,19,20)/t13-,17-/m1/s1. The number of carbonyl (C=O) groups is 2. The SMILES string of the molecule is CC1(C)[C@@H](C(=O)O)CC[C@]1(C)C(=O)NCc1ccccc1. The third-order valence-electron chi connectivity index (χ3n) is 5.32. The van der Waals surface area contributed by atoms with E-state index in [1.54, 1.807) is 0 Å². The second-order valence-electron chi connectivity index (χ2n) is 6.65. The highest BCUT2D eigenvalue weighted by molar-refractivity contribution is 5.85. The monoisotopic (exact) mass is 289 g/mol. The second kappa shape index (κ2) is 5.51. The first-order valence-corrected chi connectivity index (χ1v) is 7.34. The lowest BCUT2D eigenvalue weighted by molar-refractivity contribution is -0.148. The number of hydrogen-bond donors (Lipinski definition) is 2. The van der Waals surface area contributed by atoms with Crippen molar-refractivity contribution >= 4 is 11.9 Å². The van der Waals surface area contributed by atoms with Crippen LogP contribution in [-0.2, 0) is 16.1 Å². The fourth-order valence-electron chi connectivity index (χ4n) is 3.31. The summed E-state index contributed by atoms with van der Waals surface area (Å²) in [6.07, 6.45) is 1.16. The van der Waals surface area contributed by atoms with Crippen molar-refractivity contribution in [3.8, 4) is 0 Å². The van der Waals surface area contributed by atoms with Crippen LogP contribution in [0.1, 0.15) is 39.2 Å². The molecule has 0 saturated heterocycles. The van der Waals surface area contributed by atoms with E-state index in [9.17, 15) is 14.7 Å². The number of carboxylic acids is 1. The molecule has 1 aliphatic carbocycles. The zero-order chi connectivity index (χ0) is 15.7. The van der Waals surface area contributed by atoms with Crippen molar-refractivity contribution in [2.24, 2.45) is 16.7 Å². The summed E-state index contributed by atoms with van der Waals surface area (Å²) in [6, 6.07) is 9.72. The number of amides is 1. The van der Waals surface area contributed by atoms with Gasteiger partial charge in [0.15, 0.2) is 0 Å². The van der Waals surface area contributed by atoms with Gasteiger partial charge in [-0.2, -0.15) is 0 Å². The quantitative estimate of drug-likeness (QED) is 0.895. The third kappa shape index (κ3) is 2.67. The van der Waals surface area contributed by atoms with Gasteiger partial charge in [0, 0.05) is 6.54 Å². The predicted molar refractivity (Wildman–Crippen MR) is 80.5 cm³/mol. The Morgan fingerprint density at radius 2 is 1.86 bits per heavy atom. The van der Waals surface area contributed by atoms with Gasteiger partial charge < -0.3 is 10.4 Å². The predicted octanol–water partition coefficient (Wildman–Crippen LogP) is 2.83. The summed E-state index contributed by atoms with van der Waals surface area (Å²) in [5, 5.41) is 12.3. The molecule has 1 aliphatic rings. The van der Waals surface area contributed by atoms with E-state index >= 15 is 0 Å². The van der Waals surface area contributed by atoms with Gasteiger partial charge in [0.2, 0.25) is 5.91 Å². The van der Waals surface area contributed by atoms with Gasteiger partial charge in [-0.25, -0.2) is 0 Å². The minimum atomic E-state index is -0.806. The van der Waals surface area contributed by atoms with Crippen molar-refractivity contribution < 1.29 is 14.7 Å². The summed E-state index contributed by atoms with van der Waals surface area (Å²) in [6.45, 7) is 6.14. The van der Waals surface area contributed by atoms with Crippen LogP contribution in [0.5, 0.6) is 0 Å². The first kappa shape index (κ1) is 15.5. The van der Waals surface area contributed by atoms with Gasteiger partial charge in [-0.15, -0.1) is 0 Å². The van der Waals surface area contributed by atoms with Crippen LogP contribution >= 0.6 is 0 Å². The molecule has 1 aromatic carbocycles. The van der Waals surface area contributed by atoms with Crippen LogP contribution in [0.4, 0.5) is 0 Å². The molecule has 0 radical (unpaired) electrons. The Balaban J connectivity index is 2.09. The maximum Gasteiger partial charge on any atom is 0.307 e. The normalized spacial score (nSPS) is 27.3. The van der Waals surface area contributed by atoms with Crippen LogP contribution in [0, 0.1) is 16.7 Å². The van der Waals surface area contributed by atoms with E-state index in [0.717, 1.165) is 5.56 Å². The van der Waals surface area contributed by atoms with E-state index in [1.807, 2.05) is 51.1 Å². The molecular weight excluding hydrogens is 266 g/mol. The van der Waals surface area contributed by atoms with Crippen LogP contribution in [0.25, 0.3) is 0 Å². The van der Waals surface area contributed by atoms with Crippen molar-refractivity contribution in [2.45, 2.75) is 40.2 Å². The van der Waals surface area contributed by atoms with E-state index in [4.69, 9.17) is 0 Å². The lowest BCUT2D eigenvalue weighted by atomic mass is 9.65. The number of carbonyl (C=O) groups excluding carboxylic acids is 1. The summed E-state index contributed by atoms with van der Waals surface area (Å²) >= 11 is 0. The number of rotatable bonds is 4. The molecule has 4 nitrogen and oxygen atoms in total. The van der Waals surface area contributed by atoms with Gasteiger partial charge in [-0.1, -0.05) is 51.1 Å². The largest absolute Gasteiger partial charge is 0.481 e. The van der Waals surface area contributed by atoms with Gasteiger partial charge in [-0.05, 0) is 23.8 Å². The summed E-state index contributed by atoms with van der Waals surface area (Å²) in [5.41, 5.74) is -0.162. The Labute approximate surface area is 125 Å². The fraction of sp³-hybridized carbons (Fsp3) is 0.529. The van der Waals surface area contributed by atoms with Gasteiger partial charge in [0.1, 0.15) is 0 Å². The van der Waals surface area contributed by atoms with E-state index in [-0.39, 0.29) is 5.91 Å². The maximum atomic E-state index is 12.6. The molecule has 1 fully saturated rings. The number of nitrogens with one attached hydrogen (secondary N) is 1. The first-order chi connectivity index (χ1) is 9.79. The maximum absolute atomic E-state index is 12.6. The van der Waals surface area contributed by atoms with Gasteiger partial charge in [-0.3, -0.25) is 9.59 Å². The van der Waals surface area contributed by atoms with E-state index in [2.05, 4.69) is 5.32 Å². The van der Waals surface area contributed by atoms with Crippen molar-refractivity contribution in [3.05, 3.63) is 35.9 Å². The molecule has 0 spiro atoms. The first-order valence-electron chi connectivity index (χ1n) is 7.34. The fourth-order valence-corrected chi connectivity index (χ4v) is 3.31. The number of hydrogen-bond acceptors (Lipinski definition) is 2. The molecule has 2 N–H and O–H groups in total. The van der Waals surface area contributed by atoms with Crippen LogP contribution in [-0.4, -0.2) is 17.0 Å². The topological polar surface area (TPSA) is 66.4 Å². The second-order valence-corrected chi connectivity index (χ2v) is 6.65. The van der Waals surface area contributed by atoms with E-state index < -0.39 is 22.7 Å². The molecule has 0 aliphatic heterocycles. The smallest absolute Gasteiger partial charge is 0.307 e. The van der Waals surface area contributed by atoms with E-state index in [1.165, 1.54) is 0 Å². The van der Waals surface area contributed by atoms with Crippen molar-refractivity contribution in [1.82, 2.24) is 5.32 Å². The van der Waals surface area contributed by atoms with E-state index in [0.29, 0.717) is 19.4 Å². The molecule has 21 heavy (non-hydrogen) atoms. The molecule has 1 saturated carbocycles. The third-order valence-corrected chi connectivity index (χ3v) is 5.32. The number of aliphatic carboxylic acids is 1. The molecule has 0 aromatic heterocycles. The van der Waals surface area contributed by atoms with Crippen molar-refractivity contribution in [1.29, 1.82) is 0 Å². The highest BCUT2D eigenvalue weighted by atomic mass is 16.4. The lowest BCUT2D eigenvalue weighted by Crippen LogP contribution is -2.47. The molecule has 1 amide bonds. The minimum Gasteiger partial charge on any atom is -0.481 e. The summed E-state index contributed by atoms with van der Waals surface area (Å²) in [5.74, 6) is -1.33. The summed E-state index contributed by atoms with van der Waals surface area (Å²) in [4.78, 5) is 24.0. The Morgan fingerprint density at radius 1 is 1.24 bits per heavy atom. The number of carboxylic acid groups (broad SMARTS) is 1. The highest BCUT2D eigenvalue weighted by Gasteiger charge is 2.58. The summed E-state index contributed by atoms with van der Waals surface area (Å²) < 4.78 is 0. The molecular formula is C17H23NO3. The van der Waals surface area contributed by atoms with Crippen molar-refractivity contribution in [2.75, 3.05) is 0 Å². The minimum absolute atomic E-state index is 0.0555. The molecule has 2 rings (SSSR count). The van der Waals surface area contributed by atoms with Gasteiger partial charge in [0.05, 0.1) is 11.3 Å². The van der Waals surface area contributed by atoms with Gasteiger partial charge >= 0.3 is 5.97 Å². The zero-order valence-corrected chi connectivity index (χ0v) is 12.8. The molecule has 114 valence electrons. The molecule has 0 heterocycles. The van der Waals surface area contributed by atoms with Crippen LogP contribution in [0.15, 0.2) is 30.3 Å². The zero-order valence-electron chi connectivity index (χ0n) is 12.8. The van der Waals surface area contributed by atoms with Crippen LogP contribution < -0.4 is 5.32 Å². The summed E-state index contributed by atoms with van der Waals surface area (Å²) in [7, 11) is 0.